The molecule has 2 nitrogen and oxygen atoms in total. The molecule has 0 saturated carbocycles. The van der Waals surface area contributed by atoms with Crippen LogP contribution in [-0.2, 0) is 9.53 Å². The molecular weight excluding hydrogens is 365 g/mol. The van der Waals surface area contributed by atoms with E-state index in [0.717, 1.165) is 0 Å². The van der Waals surface area contributed by atoms with Gasteiger partial charge in [0.1, 0.15) is 0 Å². The van der Waals surface area contributed by atoms with E-state index in [2.05, 4.69) is 27.9 Å². The van der Waals surface area contributed by atoms with E-state index in [9.17, 15) is 26.7 Å². The van der Waals surface area contributed by atoms with Gasteiger partial charge in [0.05, 0.1) is 12.0 Å². The molecule has 0 saturated heterocycles. The molecule has 11 heteroatoms. The van der Waals surface area contributed by atoms with Crippen molar-refractivity contribution < 1.29 is 31.5 Å². The molecule has 0 aliphatic rings. The monoisotopic (exact) mass is 370 g/mol. The van der Waals surface area contributed by atoms with Gasteiger partial charge in [0, 0.05) is 5.88 Å². The van der Waals surface area contributed by atoms with Crippen LogP contribution in [0.5, 0.6) is 0 Å². The Morgan fingerprint density at radius 3 is 2.00 bits per heavy atom. The largest absolute Gasteiger partial charge is 0.462 e. The first kappa shape index (κ1) is 19.3. The molecule has 0 bridgehead atoms. The summed E-state index contributed by atoms with van der Waals surface area (Å²) in [6, 6.07) is 0. The molecule has 0 fully saturated rings. The van der Waals surface area contributed by atoms with Crippen LogP contribution in [0.25, 0.3) is 0 Å². The third-order valence-corrected chi connectivity index (χ3v) is 3.37. The lowest BCUT2D eigenvalue weighted by molar-refractivity contribution is -0.220. The van der Waals surface area contributed by atoms with Gasteiger partial charge in [-0.2, -0.15) is 17.6 Å². The van der Waals surface area contributed by atoms with Crippen molar-refractivity contribution in [2.45, 2.75) is 28.2 Å². The predicted octanol–water partition coefficient (Wildman–Crippen LogP) is 4.14. The Balaban J connectivity index is 4.69. The highest BCUT2D eigenvalue weighted by Crippen LogP contribution is 2.49. The maximum absolute atomic E-state index is 13.3. The standard InChI is InChI=1S/C8H7Cl4F5O2/c9-3-4(10)1-2-19-5(18)6(11,13)7(14,15)8(12,16)17/h4H,1-3H2. The quantitative estimate of drug-likeness (QED) is 0.382. The molecule has 0 rings (SSSR count). The Morgan fingerprint density at radius 1 is 1.16 bits per heavy atom. The van der Waals surface area contributed by atoms with Crippen molar-refractivity contribution >= 4 is 52.4 Å². The fourth-order valence-corrected chi connectivity index (χ4v) is 1.35. The van der Waals surface area contributed by atoms with Crippen molar-refractivity contribution in [3.63, 3.8) is 0 Å². The maximum atomic E-state index is 13.3. The fourth-order valence-electron chi connectivity index (χ4n) is 0.753. The van der Waals surface area contributed by atoms with Gasteiger partial charge in [0.25, 0.3) is 0 Å². The molecule has 19 heavy (non-hydrogen) atoms. The summed E-state index contributed by atoms with van der Waals surface area (Å²) < 4.78 is 67.6. The normalized spacial score (nSPS) is 17.7. The summed E-state index contributed by atoms with van der Waals surface area (Å²) in [5, 5.41) is -10.8. The van der Waals surface area contributed by atoms with Gasteiger partial charge >= 0.3 is 22.4 Å². The van der Waals surface area contributed by atoms with Crippen LogP contribution < -0.4 is 0 Å². The summed E-state index contributed by atoms with van der Waals surface area (Å²) in [5.74, 6) is -8.10. The second-order valence-electron chi connectivity index (χ2n) is 3.32. The zero-order valence-corrected chi connectivity index (χ0v) is 11.9. The number of esters is 1. The number of rotatable bonds is 7. The van der Waals surface area contributed by atoms with Crippen LogP contribution in [0.1, 0.15) is 6.42 Å². The molecule has 0 aromatic heterocycles. The number of ether oxygens (including phenoxy) is 1. The van der Waals surface area contributed by atoms with Crippen molar-refractivity contribution in [3.05, 3.63) is 0 Å². The van der Waals surface area contributed by atoms with E-state index in [4.69, 9.17) is 23.2 Å². The predicted molar refractivity (Wildman–Crippen MR) is 61.4 cm³/mol. The van der Waals surface area contributed by atoms with Crippen LogP contribution in [-0.4, -0.2) is 40.3 Å². The van der Waals surface area contributed by atoms with Crippen LogP contribution in [0.4, 0.5) is 22.0 Å². The van der Waals surface area contributed by atoms with E-state index in [1.807, 2.05) is 0 Å². The highest BCUT2D eigenvalue weighted by Gasteiger charge is 2.73. The lowest BCUT2D eigenvalue weighted by Gasteiger charge is -2.28. The average Bonchev–Trinajstić information content (AvgIpc) is 2.26. The van der Waals surface area contributed by atoms with Crippen LogP contribution >= 0.6 is 46.4 Å². The van der Waals surface area contributed by atoms with Crippen LogP contribution in [0, 0.1) is 0 Å². The third kappa shape index (κ3) is 4.65. The van der Waals surface area contributed by atoms with Crippen molar-refractivity contribution in [1.29, 1.82) is 0 Å². The van der Waals surface area contributed by atoms with Gasteiger partial charge in [-0.3, -0.25) is 0 Å². The van der Waals surface area contributed by atoms with Crippen molar-refractivity contribution in [2.75, 3.05) is 12.5 Å². The van der Waals surface area contributed by atoms with Crippen molar-refractivity contribution in [2.24, 2.45) is 0 Å². The second-order valence-corrected chi connectivity index (χ2v) is 5.24. The first-order valence-corrected chi connectivity index (χ1v) is 6.30. The van der Waals surface area contributed by atoms with Crippen molar-refractivity contribution in [1.82, 2.24) is 0 Å². The van der Waals surface area contributed by atoms with E-state index >= 15 is 0 Å². The zero-order valence-electron chi connectivity index (χ0n) is 8.92. The highest BCUT2D eigenvalue weighted by atomic mass is 35.5. The van der Waals surface area contributed by atoms with Gasteiger partial charge in [-0.25, -0.2) is 9.18 Å². The molecule has 2 unspecified atom stereocenters. The average molecular weight is 372 g/mol. The lowest BCUT2D eigenvalue weighted by atomic mass is 10.2. The summed E-state index contributed by atoms with van der Waals surface area (Å²) in [4.78, 5) is 11.0. The summed E-state index contributed by atoms with van der Waals surface area (Å²) in [7, 11) is 0. The minimum atomic E-state index is -5.66. The van der Waals surface area contributed by atoms with E-state index in [1.165, 1.54) is 0 Å². The Hall–Kier alpha value is 0.280. The first-order chi connectivity index (χ1) is 8.38. The number of hydrogen-bond donors (Lipinski definition) is 0. The number of carbonyl (C=O) groups is 1. The molecule has 0 amide bonds. The number of hydrogen-bond acceptors (Lipinski definition) is 2. The molecule has 0 aliphatic carbocycles. The molecule has 0 radical (unpaired) electrons. The van der Waals surface area contributed by atoms with Gasteiger partial charge in [0.15, 0.2) is 0 Å². The summed E-state index contributed by atoms with van der Waals surface area (Å²) in [5.41, 5.74) is 0. The minimum absolute atomic E-state index is 0.0450. The number of carbonyl (C=O) groups excluding carboxylic acids is 1. The summed E-state index contributed by atoms with van der Waals surface area (Å²) in [6.45, 7) is -0.623. The van der Waals surface area contributed by atoms with Gasteiger partial charge in [-0.05, 0) is 18.0 Å². The maximum Gasteiger partial charge on any atom is 0.389 e. The molecule has 0 N–H and O–H groups in total. The Kier molecular flexibility index (Phi) is 6.93. The molecule has 0 aromatic rings. The van der Waals surface area contributed by atoms with Crippen molar-refractivity contribution in [3.8, 4) is 0 Å². The minimum Gasteiger partial charge on any atom is -0.462 e. The van der Waals surface area contributed by atoms with Gasteiger partial charge in [-0.15, -0.1) is 23.2 Å². The van der Waals surface area contributed by atoms with Gasteiger partial charge in [-0.1, -0.05) is 11.6 Å². The molecule has 0 heterocycles. The number of alkyl halides is 9. The van der Waals surface area contributed by atoms with E-state index < -0.39 is 34.4 Å². The van der Waals surface area contributed by atoms with Gasteiger partial charge in [0.2, 0.25) is 0 Å². The molecule has 0 aliphatic heterocycles. The van der Waals surface area contributed by atoms with E-state index in [0.29, 0.717) is 0 Å². The number of halogens is 9. The van der Waals surface area contributed by atoms with Gasteiger partial charge < -0.3 is 4.74 Å². The SMILES string of the molecule is O=C(OCCC(Cl)CCl)C(F)(Cl)C(F)(F)C(F)(F)Cl. The first-order valence-electron chi connectivity index (χ1n) is 4.57. The summed E-state index contributed by atoms with van der Waals surface area (Å²) >= 11 is 19.3. The van der Waals surface area contributed by atoms with E-state index in [-0.39, 0.29) is 12.3 Å². The third-order valence-electron chi connectivity index (χ3n) is 1.84. The molecule has 0 aromatic carbocycles. The van der Waals surface area contributed by atoms with E-state index in [1.54, 1.807) is 0 Å². The lowest BCUT2D eigenvalue weighted by Crippen LogP contribution is -2.55. The molecule has 2 atom stereocenters. The zero-order chi connectivity index (χ0) is 15.5. The molecule has 0 spiro atoms. The van der Waals surface area contributed by atoms with Crippen LogP contribution in [0.3, 0.4) is 0 Å². The second kappa shape index (κ2) is 6.83. The Labute approximate surface area is 125 Å². The fraction of sp³-hybridized carbons (Fsp3) is 0.875. The summed E-state index contributed by atoms with van der Waals surface area (Å²) in [6.07, 6.45) is -0.105. The Morgan fingerprint density at radius 2 is 1.63 bits per heavy atom. The van der Waals surface area contributed by atoms with Crippen LogP contribution in [0.15, 0.2) is 0 Å². The van der Waals surface area contributed by atoms with Crippen LogP contribution in [0.2, 0.25) is 0 Å². The highest BCUT2D eigenvalue weighted by molar-refractivity contribution is 6.35. The topological polar surface area (TPSA) is 26.3 Å². The molecular formula is C8H7Cl4F5O2. The molecule has 114 valence electrons. The smallest absolute Gasteiger partial charge is 0.389 e. The Bertz CT molecular complexity index is 321.